The van der Waals surface area contributed by atoms with Gasteiger partial charge in [-0.3, -0.25) is 0 Å². The average Bonchev–Trinajstić information content (AvgIpc) is 3.69. The lowest BCUT2D eigenvalue weighted by Gasteiger charge is -2.21. The molecule has 0 atom stereocenters. The first-order chi connectivity index (χ1) is 29.3. The summed E-state index contributed by atoms with van der Waals surface area (Å²) in [7, 11) is 31.5. The Bertz CT molecular complexity index is 3500. The number of fused-ring (bicyclic) bond motifs is 9. The van der Waals surface area contributed by atoms with E-state index in [1.807, 2.05) is 72.8 Å². The summed E-state index contributed by atoms with van der Waals surface area (Å²) in [4.78, 5) is 15.1. The molecular formula is C51H26B5N3O. The summed E-state index contributed by atoms with van der Waals surface area (Å²) in [5, 5.41) is 9.40. The van der Waals surface area contributed by atoms with E-state index in [2.05, 4.69) is 84.9 Å². The number of para-hydroxylation sites is 1. The van der Waals surface area contributed by atoms with E-state index in [0.29, 0.717) is 39.7 Å². The highest BCUT2D eigenvalue weighted by Gasteiger charge is 2.20. The lowest BCUT2D eigenvalue weighted by molar-refractivity contribution is 0.669. The standard InChI is InChI=1S/C51H26B5N3O/c52-43-42(44(53)46(55)47(56)45(43)54)30-12-8-13-31(24-30)50-57-49(27-10-2-1-3-11-27)58-51(59-50)38-19-9-18-37-40-26-29(21-23-41(40)60-48(37)38)28-20-22-36-34-16-5-4-14-32(34)33-15-6-7-17-35(33)39(36)25-28/h1-26H. The molecular weight excluding hydrogens is 725 g/mol. The Morgan fingerprint density at radius 2 is 0.800 bits per heavy atom. The van der Waals surface area contributed by atoms with Crippen molar-refractivity contribution >= 4 is 121 Å². The van der Waals surface area contributed by atoms with Gasteiger partial charge >= 0.3 is 0 Å². The van der Waals surface area contributed by atoms with Gasteiger partial charge in [-0.1, -0.05) is 138 Å². The second-order valence-corrected chi connectivity index (χ2v) is 15.0. The summed E-state index contributed by atoms with van der Waals surface area (Å²) in [6, 6.07) is 53.9. The molecule has 9 heteroatoms. The van der Waals surface area contributed by atoms with Gasteiger partial charge in [0, 0.05) is 21.9 Å². The van der Waals surface area contributed by atoms with Crippen LogP contribution in [-0.4, -0.2) is 54.2 Å². The predicted molar refractivity (Wildman–Crippen MR) is 254 cm³/mol. The summed E-state index contributed by atoms with van der Waals surface area (Å²) < 4.78 is 6.67. The van der Waals surface area contributed by atoms with E-state index in [1.54, 1.807) is 0 Å². The van der Waals surface area contributed by atoms with Crippen LogP contribution in [0.5, 0.6) is 0 Å². The highest BCUT2D eigenvalue weighted by atomic mass is 16.3. The normalized spacial score (nSPS) is 11.7. The molecule has 0 spiro atoms. The zero-order valence-electron chi connectivity index (χ0n) is 32.1. The van der Waals surface area contributed by atoms with Crippen molar-refractivity contribution in [2.24, 2.45) is 0 Å². The molecule has 11 aromatic rings. The van der Waals surface area contributed by atoms with Crippen molar-refractivity contribution in [1.29, 1.82) is 0 Å². The van der Waals surface area contributed by atoms with E-state index in [1.165, 1.54) is 32.3 Å². The van der Waals surface area contributed by atoms with Crippen LogP contribution in [0.4, 0.5) is 0 Å². The van der Waals surface area contributed by atoms with Crippen molar-refractivity contribution < 1.29 is 4.42 Å². The lowest BCUT2D eigenvalue weighted by Crippen LogP contribution is -2.55. The quantitative estimate of drug-likeness (QED) is 0.135. The Labute approximate surface area is 352 Å². The van der Waals surface area contributed by atoms with E-state index >= 15 is 0 Å². The first kappa shape index (κ1) is 36.0. The van der Waals surface area contributed by atoms with Gasteiger partial charge in [-0.25, -0.2) is 15.0 Å². The van der Waals surface area contributed by atoms with Crippen LogP contribution in [0, 0.1) is 0 Å². The summed E-state index contributed by atoms with van der Waals surface area (Å²) in [6.45, 7) is 0. The summed E-state index contributed by atoms with van der Waals surface area (Å²) in [6.07, 6.45) is 0. The Kier molecular flexibility index (Phi) is 8.42. The molecule has 60 heavy (non-hydrogen) atoms. The van der Waals surface area contributed by atoms with E-state index in [0.717, 1.165) is 38.6 Å². The smallest absolute Gasteiger partial charge is 0.167 e. The molecule has 2 heterocycles. The lowest BCUT2D eigenvalue weighted by atomic mass is 9.59. The van der Waals surface area contributed by atoms with Gasteiger partial charge in [-0.15, -0.1) is 16.4 Å². The topological polar surface area (TPSA) is 51.8 Å². The second-order valence-electron chi connectivity index (χ2n) is 15.0. The predicted octanol–water partition coefficient (Wildman–Crippen LogP) is 7.53. The van der Waals surface area contributed by atoms with Crippen LogP contribution in [0.25, 0.3) is 111 Å². The molecule has 0 aliphatic heterocycles. The second kappa shape index (κ2) is 14.0. The van der Waals surface area contributed by atoms with Crippen molar-refractivity contribution in [1.82, 2.24) is 15.0 Å². The Balaban J connectivity index is 1.06. The SMILES string of the molecule is [B]c1c([B])c([B])c(-c2cccc(-c3nc(-c4ccccc4)nc(-c4cccc5c4oc4ccc(-c6ccc7c8ccccc8c8ccccc8c7c6)cc45)n3)c2)c([B])c1[B]. The third kappa shape index (κ3) is 5.72. The zero-order chi connectivity index (χ0) is 40.6. The van der Waals surface area contributed by atoms with Crippen LogP contribution >= 0.6 is 0 Å². The minimum absolute atomic E-state index is 0.159. The molecule has 2 aromatic heterocycles. The highest BCUT2D eigenvalue weighted by Crippen LogP contribution is 2.40. The molecule has 0 saturated heterocycles. The monoisotopic (exact) mass is 751 g/mol. The third-order valence-corrected chi connectivity index (χ3v) is 11.6. The molecule has 0 saturated carbocycles. The molecule has 4 nitrogen and oxygen atoms in total. The van der Waals surface area contributed by atoms with Crippen molar-refractivity contribution in [2.45, 2.75) is 0 Å². The van der Waals surface area contributed by atoms with E-state index in [4.69, 9.17) is 58.6 Å². The molecule has 0 bridgehead atoms. The molecule has 266 valence electrons. The van der Waals surface area contributed by atoms with Gasteiger partial charge in [0.15, 0.2) is 17.5 Å². The number of nitrogens with zero attached hydrogens (tertiary/aromatic N) is 3. The number of hydrogen-bond donors (Lipinski definition) is 0. The van der Waals surface area contributed by atoms with Gasteiger partial charge in [-0.05, 0) is 84.9 Å². The molecule has 0 aliphatic rings. The summed E-state index contributed by atoms with van der Waals surface area (Å²) in [5.41, 5.74) is 8.15. The Hall–Kier alpha value is -7.11. The van der Waals surface area contributed by atoms with Gasteiger partial charge in [-0.2, -0.15) is 0 Å². The van der Waals surface area contributed by atoms with E-state index < -0.39 is 0 Å². The molecule has 0 amide bonds. The van der Waals surface area contributed by atoms with Crippen LogP contribution in [0.2, 0.25) is 0 Å². The molecule has 9 aromatic carbocycles. The van der Waals surface area contributed by atoms with Gasteiger partial charge in [0.1, 0.15) is 50.4 Å². The number of furan rings is 1. The fourth-order valence-electron chi connectivity index (χ4n) is 8.56. The molecule has 10 radical (unpaired) electrons. The summed E-state index contributed by atoms with van der Waals surface area (Å²) in [5.74, 6) is 1.41. The van der Waals surface area contributed by atoms with Crippen molar-refractivity contribution in [2.75, 3.05) is 0 Å². The van der Waals surface area contributed by atoms with Crippen LogP contribution in [-0.2, 0) is 0 Å². The van der Waals surface area contributed by atoms with E-state index in [9.17, 15) is 0 Å². The van der Waals surface area contributed by atoms with Crippen LogP contribution in [0.15, 0.2) is 162 Å². The first-order valence-corrected chi connectivity index (χ1v) is 19.6. The number of rotatable bonds is 5. The van der Waals surface area contributed by atoms with Crippen LogP contribution in [0.3, 0.4) is 0 Å². The number of aromatic nitrogens is 3. The Morgan fingerprint density at radius 3 is 1.48 bits per heavy atom. The third-order valence-electron chi connectivity index (χ3n) is 11.6. The highest BCUT2D eigenvalue weighted by molar-refractivity contribution is 6.68. The molecule has 0 aliphatic carbocycles. The van der Waals surface area contributed by atoms with Crippen molar-refractivity contribution in [3.05, 3.63) is 158 Å². The van der Waals surface area contributed by atoms with Gasteiger partial charge in [0.25, 0.3) is 0 Å². The fourth-order valence-corrected chi connectivity index (χ4v) is 8.56. The molecule has 0 unspecified atom stereocenters. The van der Waals surface area contributed by atoms with Gasteiger partial charge in [0.05, 0.1) is 5.56 Å². The molecule has 11 rings (SSSR count). The minimum atomic E-state index is 0.159. The van der Waals surface area contributed by atoms with Crippen LogP contribution < -0.4 is 27.3 Å². The maximum Gasteiger partial charge on any atom is 0.167 e. The maximum absolute atomic E-state index is 6.67. The summed E-state index contributed by atoms with van der Waals surface area (Å²) >= 11 is 0. The Morgan fingerprint density at radius 1 is 0.317 bits per heavy atom. The average molecular weight is 751 g/mol. The molecule has 0 N–H and O–H groups in total. The largest absolute Gasteiger partial charge is 0.455 e. The van der Waals surface area contributed by atoms with Crippen molar-refractivity contribution in [3.8, 4) is 56.4 Å². The molecule has 0 fully saturated rings. The van der Waals surface area contributed by atoms with E-state index in [-0.39, 0.29) is 27.3 Å². The van der Waals surface area contributed by atoms with Gasteiger partial charge < -0.3 is 4.42 Å². The first-order valence-electron chi connectivity index (χ1n) is 19.6. The van der Waals surface area contributed by atoms with Crippen molar-refractivity contribution in [3.63, 3.8) is 0 Å². The fraction of sp³-hybridized carbons (Fsp3) is 0. The minimum Gasteiger partial charge on any atom is -0.455 e. The van der Waals surface area contributed by atoms with Gasteiger partial charge in [0.2, 0.25) is 0 Å². The van der Waals surface area contributed by atoms with Crippen LogP contribution in [0.1, 0.15) is 0 Å². The maximum atomic E-state index is 6.67. The number of hydrogen-bond acceptors (Lipinski definition) is 4. The zero-order valence-corrected chi connectivity index (χ0v) is 32.1. The number of benzene rings is 9.